The highest BCUT2D eigenvalue weighted by Gasteiger charge is 2.18. The molecule has 0 amide bonds. The first kappa shape index (κ1) is 14.7. The highest BCUT2D eigenvalue weighted by atomic mass is 32.1. The summed E-state index contributed by atoms with van der Waals surface area (Å²) in [6, 6.07) is 5.00. The maximum atomic E-state index is 3.46. The van der Waals surface area contributed by atoms with Gasteiger partial charge in [0.25, 0.3) is 0 Å². The van der Waals surface area contributed by atoms with E-state index in [-0.39, 0.29) is 0 Å². The standard InChI is InChI=1S/C15H27NS/c1-12(11-15(2,3)4)9-13(16-5)10-14-7-6-8-17-14/h6-8,12-13,16H,9-11H2,1-5H3. The van der Waals surface area contributed by atoms with Crippen molar-refractivity contribution in [3.63, 3.8) is 0 Å². The first-order chi connectivity index (χ1) is 7.90. The van der Waals surface area contributed by atoms with Crippen molar-refractivity contribution in [1.82, 2.24) is 5.32 Å². The van der Waals surface area contributed by atoms with Gasteiger partial charge in [0.2, 0.25) is 0 Å². The Hall–Kier alpha value is -0.340. The molecule has 0 saturated carbocycles. The minimum absolute atomic E-state index is 0.445. The minimum atomic E-state index is 0.445. The quantitative estimate of drug-likeness (QED) is 0.795. The van der Waals surface area contributed by atoms with Crippen LogP contribution in [-0.4, -0.2) is 13.1 Å². The van der Waals surface area contributed by atoms with Crippen LogP contribution in [0, 0.1) is 11.3 Å². The van der Waals surface area contributed by atoms with Crippen molar-refractivity contribution < 1.29 is 0 Å². The van der Waals surface area contributed by atoms with E-state index in [1.807, 2.05) is 11.3 Å². The summed E-state index contributed by atoms with van der Waals surface area (Å²) >= 11 is 1.87. The SMILES string of the molecule is CNC(Cc1cccs1)CC(C)CC(C)(C)C. The summed E-state index contributed by atoms with van der Waals surface area (Å²) in [5, 5.41) is 5.63. The average Bonchev–Trinajstić information content (AvgIpc) is 2.66. The molecule has 2 atom stereocenters. The van der Waals surface area contributed by atoms with E-state index in [4.69, 9.17) is 0 Å². The van der Waals surface area contributed by atoms with Gasteiger partial charge >= 0.3 is 0 Å². The second-order valence-corrected chi connectivity index (χ2v) is 7.41. The molecule has 1 rings (SSSR count). The summed E-state index contributed by atoms with van der Waals surface area (Å²) in [6.45, 7) is 9.37. The zero-order chi connectivity index (χ0) is 12.9. The molecule has 0 aliphatic rings. The Bertz CT molecular complexity index is 297. The molecule has 2 heteroatoms. The Morgan fingerprint density at radius 3 is 2.53 bits per heavy atom. The first-order valence-electron chi connectivity index (χ1n) is 6.60. The van der Waals surface area contributed by atoms with Crippen molar-refractivity contribution >= 4 is 11.3 Å². The van der Waals surface area contributed by atoms with Gasteiger partial charge in [-0.2, -0.15) is 0 Å². The predicted molar refractivity (Wildman–Crippen MR) is 78.7 cm³/mol. The molecular formula is C15H27NS. The number of hydrogen-bond donors (Lipinski definition) is 1. The van der Waals surface area contributed by atoms with Crippen LogP contribution in [0.2, 0.25) is 0 Å². The second-order valence-electron chi connectivity index (χ2n) is 6.37. The Morgan fingerprint density at radius 1 is 1.35 bits per heavy atom. The number of thiophene rings is 1. The van der Waals surface area contributed by atoms with E-state index in [2.05, 4.69) is 57.6 Å². The third-order valence-electron chi connectivity index (χ3n) is 3.08. The van der Waals surface area contributed by atoms with Crippen molar-refractivity contribution in [3.05, 3.63) is 22.4 Å². The maximum Gasteiger partial charge on any atom is 0.0115 e. The van der Waals surface area contributed by atoms with Crippen molar-refractivity contribution in [1.29, 1.82) is 0 Å². The van der Waals surface area contributed by atoms with Gasteiger partial charge in [-0.15, -0.1) is 11.3 Å². The van der Waals surface area contributed by atoms with E-state index in [0.717, 1.165) is 5.92 Å². The molecule has 0 aliphatic carbocycles. The third-order valence-corrected chi connectivity index (χ3v) is 3.98. The first-order valence-corrected chi connectivity index (χ1v) is 7.48. The molecule has 98 valence electrons. The molecule has 0 spiro atoms. The predicted octanol–water partition coefficient (Wildman–Crippen LogP) is 4.34. The van der Waals surface area contributed by atoms with E-state index in [0.29, 0.717) is 11.5 Å². The lowest BCUT2D eigenvalue weighted by molar-refractivity contribution is 0.277. The molecule has 0 radical (unpaired) electrons. The van der Waals surface area contributed by atoms with Gasteiger partial charge in [-0.05, 0) is 49.1 Å². The van der Waals surface area contributed by atoms with Crippen LogP contribution in [0.25, 0.3) is 0 Å². The lowest BCUT2D eigenvalue weighted by atomic mass is 9.82. The Morgan fingerprint density at radius 2 is 2.06 bits per heavy atom. The van der Waals surface area contributed by atoms with Gasteiger partial charge < -0.3 is 5.32 Å². The van der Waals surface area contributed by atoms with Gasteiger partial charge in [0.15, 0.2) is 0 Å². The highest BCUT2D eigenvalue weighted by molar-refractivity contribution is 7.09. The molecule has 0 aliphatic heterocycles. The smallest absolute Gasteiger partial charge is 0.0115 e. The largest absolute Gasteiger partial charge is 0.317 e. The summed E-state index contributed by atoms with van der Waals surface area (Å²) in [5.41, 5.74) is 0.445. The van der Waals surface area contributed by atoms with Crippen LogP contribution in [0.15, 0.2) is 17.5 Å². The fourth-order valence-electron chi connectivity index (χ4n) is 2.59. The molecule has 0 saturated heterocycles. The van der Waals surface area contributed by atoms with Crippen LogP contribution in [0.5, 0.6) is 0 Å². The van der Waals surface area contributed by atoms with Crippen LogP contribution >= 0.6 is 11.3 Å². The Kier molecular flexibility index (Phi) is 5.68. The molecule has 1 N–H and O–H groups in total. The molecule has 1 nitrogen and oxygen atoms in total. The van der Waals surface area contributed by atoms with E-state index < -0.39 is 0 Å². The monoisotopic (exact) mass is 253 g/mol. The fraction of sp³-hybridized carbons (Fsp3) is 0.733. The number of rotatable bonds is 6. The van der Waals surface area contributed by atoms with Crippen LogP contribution in [0.4, 0.5) is 0 Å². The number of likely N-dealkylation sites (N-methyl/N-ethyl adjacent to an activating group) is 1. The fourth-order valence-corrected chi connectivity index (χ4v) is 3.38. The van der Waals surface area contributed by atoms with Gasteiger partial charge in [-0.3, -0.25) is 0 Å². The topological polar surface area (TPSA) is 12.0 Å². The van der Waals surface area contributed by atoms with Crippen molar-refractivity contribution in [2.24, 2.45) is 11.3 Å². The summed E-state index contributed by atoms with van der Waals surface area (Å²) < 4.78 is 0. The van der Waals surface area contributed by atoms with Gasteiger partial charge in [0.05, 0.1) is 0 Å². The summed E-state index contributed by atoms with van der Waals surface area (Å²) in [5.74, 6) is 0.785. The molecule has 0 bridgehead atoms. The van der Waals surface area contributed by atoms with Crippen LogP contribution in [0.1, 0.15) is 45.4 Å². The normalized spacial score (nSPS) is 15.8. The van der Waals surface area contributed by atoms with Gasteiger partial charge in [0.1, 0.15) is 0 Å². The maximum absolute atomic E-state index is 3.46. The number of hydrogen-bond acceptors (Lipinski definition) is 2. The third kappa shape index (κ3) is 6.23. The molecule has 2 unspecified atom stereocenters. The molecule has 1 aromatic rings. The van der Waals surface area contributed by atoms with E-state index in [9.17, 15) is 0 Å². The lowest BCUT2D eigenvalue weighted by Gasteiger charge is -2.26. The zero-order valence-corrected chi connectivity index (χ0v) is 12.7. The van der Waals surface area contributed by atoms with Crippen molar-refractivity contribution in [2.75, 3.05) is 7.05 Å². The zero-order valence-electron chi connectivity index (χ0n) is 11.9. The molecule has 1 heterocycles. The van der Waals surface area contributed by atoms with Crippen LogP contribution in [0.3, 0.4) is 0 Å². The van der Waals surface area contributed by atoms with Crippen molar-refractivity contribution in [2.45, 2.75) is 53.0 Å². The Balaban J connectivity index is 2.41. The minimum Gasteiger partial charge on any atom is -0.317 e. The van der Waals surface area contributed by atoms with Gasteiger partial charge in [-0.25, -0.2) is 0 Å². The van der Waals surface area contributed by atoms with Gasteiger partial charge in [0, 0.05) is 10.9 Å². The summed E-state index contributed by atoms with van der Waals surface area (Å²) in [7, 11) is 2.09. The summed E-state index contributed by atoms with van der Waals surface area (Å²) in [6.07, 6.45) is 3.74. The van der Waals surface area contributed by atoms with E-state index >= 15 is 0 Å². The highest BCUT2D eigenvalue weighted by Crippen LogP contribution is 2.27. The molecular weight excluding hydrogens is 226 g/mol. The molecule has 0 fully saturated rings. The van der Waals surface area contributed by atoms with Gasteiger partial charge in [-0.1, -0.05) is 33.8 Å². The molecule has 17 heavy (non-hydrogen) atoms. The summed E-state index contributed by atoms with van der Waals surface area (Å²) in [4.78, 5) is 1.49. The Labute approximate surface area is 111 Å². The van der Waals surface area contributed by atoms with E-state index in [1.165, 1.54) is 24.1 Å². The van der Waals surface area contributed by atoms with Crippen molar-refractivity contribution in [3.8, 4) is 0 Å². The molecule has 0 aromatic carbocycles. The average molecular weight is 253 g/mol. The van der Waals surface area contributed by atoms with Crippen LogP contribution < -0.4 is 5.32 Å². The van der Waals surface area contributed by atoms with E-state index in [1.54, 1.807) is 0 Å². The van der Waals surface area contributed by atoms with Crippen LogP contribution in [-0.2, 0) is 6.42 Å². The second kappa shape index (κ2) is 6.55. The number of nitrogens with one attached hydrogen (secondary N) is 1. The molecule has 1 aromatic heterocycles. The lowest BCUT2D eigenvalue weighted by Crippen LogP contribution is -2.30.